The summed E-state index contributed by atoms with van der Waals surface area (Å²) in [6, 6.07) is 10.3. The number of rotatable bonds is 6. The number of phenols is 1. The second-order valence-electron chi connectivity index (χ2n) is 13.6. The average molecular weight is 649 g/mol. The van der Waals surface area contributed by atoms with Crippen LogP contribution < -0.4 is 10.6 Å². The number of hydrogen-bond donors (Lipinski definition) is 3. The summed E-state index contributed by atoms with van der Waals surface area (Å²) in [5.74, 6) is 0.0230. The fourth-order valence-electron chi connectivity index (χ4n) is 7.72. The van der Waals surface area contributed by atoms with Gasteiger partial charge in [-0.05, 0) is 61.4 Å². The minimum Gasteiger partial charge on any atom is -0.632 e. The van der Waals surface area contributed by atoms with E-state index in [0.29, 0.717) is 83.0 Å². The van der Waals surface area contributed by atoms with Crippen molar-refractivity contribution in [3.8, 4) is 5.75 Å². The Balaban J connectivity index is 1.10. The first kappa shape index (κ1) is 33.0. The van der Waals surface area contributed by atoms with E-state index in [1.807, 2.05) is 55.1 Å². The van der Waals surface area contributed by atoms with Crippen LogP contribution in [-0.2, 0) is 22.4 Å². The first-order valence-electron chi connectivity index (χ1n) is 17.1. The number of fused-ring (bicyclic) bond motifs is 1. The highest BCUT2D eigenvalue weighted by atomic mass is 16.6. The molecule has 0 bridgehead atoms. The van der Waals surface area contributed by atoms with Crippen molar-refractivity contribution in [1.82, 2.24) is 20.0 Å². The predicted octanol–water partition coefficient (Wildman–Crippen LogP) is 3.52. The zero-order valence-electron chi connectivity index (χ0n) is 27.6. The van der Waals surface area contributed by atoms with Crippen molar-refractivity contribution in [3.63, 3.8) is 0 Å². The number of phenolic OH excluding ortho intramolecular Hbond substituents is 1. The van der Waals surface area contributed by atoms with Gasteiger partial charge in [0.15, 0.2) is 0 Å². The van der Waals surface area contributed by atoms with Crippen molar-refractivity contribution in [2.75, 3.05) is 64.3 Å². The molecule has 12 heteroatoms. The second-order valence-corrected chi connectivity index (χ2v) is 13.6. The molecule has 0 radical (unpaired) electrons. The van der Waals surface area contributed by atoms with Crippen molar-refractivity contribution in [1.29, 1.82) is 0 Å². The number of hydrogen-bond acceptors (Lipinski definition) is 6. The number of aryl methyl sites for hydroxylation is 2. The standard InChI is InChI=1S/C35H48N6O6/c1-24-21-26(22-25(2)32(24)42)23-31(33(43)38-15-17-41(46,18-16-38)29-10-19-47-20-11-29)37-34(44)39-12-8-28(9-13-39)40-14-7-27-5-3-4-6-30(27)36-35(40)45/h3-6,21-22,28-29,31,42H,7-20,23H2,1-2H3,(H,36,45)(H,37,44)/t31-/m1/s1. The first-order valence-corrected chi connectivity index (χ1v) is 17.1. The molecule has 5 amide bonds. The van der Waals surface area contributed by atoms with Gasteiger partial charge in [-0.25, -0.2) is 9.59 Å². The third kappa shape index (κ3) is 7.34. The fraction of sp³-hybridized carbons (Fsp3) is 0.571. The molecule has 3 N–H and O–H groups in total. The maximum atomic E-state index is 14.0. The van der Waals surface area contributed by atoms with E-state index in [0.717, 1.165) is 36.1 Å². The van der Waals surface area contributed by atoms with Gasteiger partial charge >= 0.3 is 12.1 Å². The third-order valence-electron chi connectivity index (χ3n) is 10.6. The van der Waals surface area contributed by atoms with Crippen LogP contribution in [0.3, 0.4) is 0 Å². The number of amides is 5. The molecule has 2 aromatic carbocycles. The van der Waals surface area contributed by atoms with Gasteiger partial charge in [0.2, 0.25) is 5.91 Å². The number of likely N-dealkylation sites (tertiary alicyclic amines) is 1. The van der Waals surface area contributed by atoms with E-state index in [2.05, 4.69) is 10.6 Å². The monoisotopic (exact) mass is 648 g/mol. The van der Waals surface area contributed by atoms with Crippen LogP contribution >= 0.6 is 0 Å². The summed E-state index contributed by atoms with van der Waals surface area (Å²) in [6.45, 7) is 7.75. The summed E-state index contributed by atoms with van der Waals surface area (Å²) in [7, 11) is 0. The molecular weight excluding hydrogens is 600 g/mol. The number of aromatic hydroxyl groups is 1. The van der Waals surface area contributed by atoms with Crippen LogP contribution in [0.25, 0.3) is 0 Å². The predicted molar refractivity (Wildman–Crippen MR) is 178 cm³/mol. The highest BCUT2D eigenvalue weighted by molar-refractivity contribution is 5.91. The molecule has 4 aliphatic heterocycles. The van der Waals surface area contributed by atoms with Crippen LogP contribution in [0.2, 0.25) is 0 Å². The number of hydroxylamine groups is 3. The number of anilines is 1. The van der Waals surface area contributed by atoms with Crippen molar-refractivity contribution in [2.24, 2.45) is 0 Å². The minimum atomic E-state index is -0.826. The molecule has 1 atom stereocenters. The lowest BCUT2D eigenvalue weighted by atomic mass is 9.99. The molecule has 0 spiro atoms. The Morgan fingerprint density at radius 3 is 2.34 bits per heavy atom. The van der Waals surface area contributed by atoms with Crippen molar-refractivity contribution in [2.45, 2.75) is 70.5 Å². The lowest BCUT2D eigenvalue weighted by Crippen LogP contribution is -2.64. The van der Waals surface area contributed by atoms with E-state index in [9.17, 15) is 24.7 Å². The number of quaternary nitrogens is 1. The molecule has 0 saturated carbocycles. The molecule has 0 unspecified atom stereocenters. The molecule has 3 fully saturated rings. The van der Waals surface area contributed by atoms with Crippen LogP contribution in [0.15, 0.2) is 36.4 Å². The SMILES string of the molecule is Cc1cc(C[C@@H](NC(=O)N2CCC(N3CCc4ccccc4NC3=O)CC2)C(=O)N2CC[N+]([O-])(C3CCOCC3)CC2)cc(C)c1O. The van der Waals surface area contributed by atoms with Crippen LogP contribution in [0.5, 0.6) is 5.75 Å². The smallest absolute Gasteiger partial charge is 0.322 e. The van der Waals surface area contributed by atoms with Crippen molar-refractivity contribution < 1.29 is 28.9 Å². The Morgan fingerprint density at radius 1 is 1.00 bits per heavy atom. The quantitative estimate of drug-likeness (QED) is 0.324. The lowest BCUT2D eigenvalue weighted by Gasteiger charge is -2.54. The largest absolute Gasteiger partial charge is 0.632 e. The first-order chi connectivity index (χ1) is 22.6. The maximum Gasteiger partial charge on any atom is 0.322 e. The average Bonchev–Trinajstić information content (AvgIpc) is 3.25. The molecule has 4 heterocycles. The number of carbonyl (C=O) groups excluding carboxylic acids is 3. The van der Waals surface area contributed by atoms with Crippen LogP contribution in [0, 0.1) is 19.1 Å². The number of urea groups is 2. The van der Waals surface area contributed by atoms with E-state index >= 15 is 0 Å². The molecule has 254 valence electrons. The van der Waals surface area contributed by atoms with E-state index < -0.39 is 6.04 Å². The summed E-state index contributed by atoms with van der Waals surface area (Å²) in [5.41, 5.74) is 4.23. The Hall–Kier alpha value is -3.87. The summed E-state index contributed by atoms with van der Waals surface area (Å²) in [6.07, 6.45) is 3.81. The fourth-order valence-corrected chi connectivity index (χ4v) is 7.72. The van der Waals surface area contributed by atoms with Crippen molar-refractivity contribution in [3.05, 3.63) is 63.9 Å². The van der Waals surface area contributed by atoms with Gasteiger partial charge < -0.3 is 45.0 Å². The van der Waals surface area contributed by atoms with E-state index in [4.69, 9.17) is 4.74 Å². The number of ether oxygens (including phenoxy) is 1. The molecule has 3 saturated heterocycles. The molecule has 0 aromatic heterocycles. The topological polar surface area (TPSA) is 138 Å². The second kappa shape index (κ2) is 14.1. The molecule has 4 aliphatic rings. The normalized spacial score (nSPS) is 21.4. The third-order valence-corrected chi connectivity index (χ3v) is 10.6. The highest BCUT2D eigenvalue weighted by Gasteiger charge is 2.38. The Bertz CT molecular complexity index is 1440. The van der Waals surface area contributed by atoms with Gasteiger partial charge in [0.05, 0.1) is 45.4 Å². The maximum absolute atomic E-state index is 14.0. The van der Waals surface area contributed by atoms with E-state index in [1.54, 1.807) is 9.80 Å². The minimum absolute atomic E-state index is 0.00177. The van der Waals surface area contributed by atoms with Gasteiger partial charge in [-0.15, -0.1) is 0 Å². The molecule has 6 rings (SSSR count). The summed E-state index contributed by atoms with van der Waals surface area (Å²) in [5, 5.41) is 30.1. The summed E-state index contributed by atoms with van der Waals surface area (Å²) >= 11 is 0. The van der Waals surface area contributed by atoms with E-state index in [1.165, 1.54) is 0 Å². The van der Waals surface area contributed by atoms with Gasteiger partial charge in [0.25, 0.3) is 0 Å². The Kier molecular flexibility index (Phi) is 9.90. The van der Waals surface area contributed by atoms with Crippen LogP contribution in [0.1, 0.15) is 47.9 Å². The molecule has 2 aromatic rings. The number of nitrogens with zero attached hydrogens (tertiary/aromatic N) is 4. The number of para-hydroxylation sites is 1. The molecular formula is C35H48N6O6. The van der Waals surface area contributed by atoms with Crippen LogP contribution in [0.4, 0.5) is 15.3 Å². The lowest BCUT2D eigenvalue weighted by molar-refractivity contribution is -0.910. The van der Waals surface area contributed by atoms with Gasteiger partial charge in [-0.2, -0.15) is 0 Å². The van der Waals surface area contributed by atoms with Gasteiger partial charge in [-0.3, -0.25) is 4.79 Å². The number of carbonyl (C=O) groups is 3. The molecule has 47 heavy (non-hydrogen) atoms. The molecule has 0 aliphatic carbocycles. The highest BCUT2D eigenvalue weighted by Crippen LogP contribution is 2.28. The Morgan fingerprint density at radius 2 is 1.66 bits per heavy atom. The zero-order valence-corrected chi connectivity index (χ0v) is 27.6. The number of piperazine rings is 1. The summed E-state index contributed by atoms with van der Waals surface area (Å²) in [4.78, 5) is 46.1. The van der Waals surface area contributed by atoms with Crippen molar-refractivity contribution >= 4 is 23.7 Å². The molecule has 12 nitrogen and oxygen atoms in total. The number of nitrogens with one attached hydrogen (secondary N) is 2. The van der Waals surface area contributed by atoms with Crippen LogP contribution in [-0.4, -0.2) is 120 Å². The van der Waals surface area contributed by atoms with E-state index in [-0.39, 0.29) is 46.9 Å². The Labute approximate surface area is 276 Å². The zero-order chi connectivity index (χ0) is 33.1. The number of piperidine rings is 1. The van der Waals surface area contributed by atoms with Gasteiger partial charge in [0.1, 0.15) is 11.8 Å². The van der Waals surface area contributed by atoms with Gasteiger partial charge in [0, 0.05) is 50.6 Å². The number of benzene rings is 2. The summed E-state index contributed by atoms with van der Waals surface area (Å²) < 4.78 is 5.16. The van der Waals surface area contributed by atoms with Gasteiger partial charge in [-0.1, -0.05) is 30.3 Å².